The molecule has 1 rings (SSSR count). The van der Waals surface area contributed by atoms with Crippen molar-refractivity contribution in [2.24, 2.45) is 11.7 Å². The van der Waals surface area contributed by atoms with E-state index in [9.17, 15) is 0 Å². The van der Waals surface area contributed by atoms with E-state index in [2.05, 4.69) is 21.6 Å². The topological polar surface area (TPSA) is 120 Å². The van der Waals surface area contributed by atoms with Crippen molar-refractivity contribution in [2.75, 3.05) is 28.7 Å². The van der Waals surface area contributed by atoms with Gasteiger partial charge in [0.1, 0.15) is 0 Å². The van der Waals surface area contributed by atoms with Gasteiger partial charge < -0.3 is 16.2 Å². The molecule has 1 aromatic carbocycles. The van der Waals surface area contributed by atoms with Crippen LogP contribution in [0.15, 0.2) is 6.07 Å². The van der Waals surface area contributed by atoms with Crippen LogP contribution in [0.1, 0.15) is 5.56 Å². The van der Waals surface area contributed by atoms with Crippen LogP contribution in [0.3, 0.4) is 0 Å². The molecule has 0 unspecified atom stereocenters. The van der Waals surface area contributed by atoms with Crippen molar-refractivity contribution in [3.05, 3.63) is 11.6 Å². The summed E-state index contributed by atoms with van der Waals surface area (Å²) in [6.45, 7) is 1.81. The Morgan fingerprint density at radius 1 is 1.13 bits per heavy atom. The van der Waals surface area contributed by atoms with E-state index in [0.717, 1.165) is 5.56 Å². The zero-order valence-corrected chi connectivity index (χ0v) is 8.68. The summed E-state index contributed by atoms with van der Waals surface area (Å²) < 4.78 is 0. The SMILES string of the molecule is CNc1c(NN)cc(NN)c(C)c1NO. The molecule has 7 heteroatoms. The van der Waals surface area contributed by atoms with Crippen molar-refractivity contribution in [3.8, 4) is 0 Å². The predicted octanol–water partition coefficient (Wildman–Crippen LogP) is 0.409. The standard InChI is InChI=1S/C8H16N6O/c1-4-5(12-9)3-6(13-10)8(11-2)7(4)14-15/h3,11-15H,9-10H2,1-2H3. The Hall–Kier alpha value is -1.70. The number of nitrogen functional groups attached to an aromatic ring is 2. The second-order valence-corrected chi connectivity index (χ2v) is 3.00. The van der Waals surface area contributed by atoms with Crippen LogP contribution in [0.25, 0.3) is 0 Å². The first-order valence-electron chi connectivity index (χ1n) is 4.38. The van der Waals surface area contributed by atoms with E-state index < -0.39 is 0 Å². The first-order valence-corrected chi connectivity index (χ1v) is 4.38. The van der Waals surface area contributed by atoms with Crippen molar-refractivity contribution in [3.63, 3.8) is 0 Å². The van der Waals surface area contributed by atoms with Gasteiger partial charge in [-0.1, -0.05) is 0 Å². The highest BCUT2D eigenvalue weighted by atomic mass is 16.5. The lowest BCUT2D eigenvalue weighted by Crippen LogP contribution is -2.15. The first kappa shape index (κ1) is 11.4. The smallest absolute Gasteiger partial charge is 0.0905 e. The number of nitrogens with two attached hydrogens (primary N) is 2. The quantitative estimate of drug-likeness (QED) is 0.285. The van der Waals surface area contributed by atoms with E-state index in [1.807, 2.05) is 6.92 Å². The molecule has 0 radical (unpaired) electrons. The maximum absolute atomic E-state index is 9.04. The molecule has 15 heavy (non-hydrogen) atoms. The third kappa shape index (κ3) is 1.89. The van der Waals surface area contributed by atoms with E-state index in [0.29, 0.717) is 22.7 Å². The number of hydrogen-bond acceptors (Lipinski definition) is 7. The zero-order valence-electron chi connectivity index (χ0n) is 8.68. The van der Waals surface area contributed by atoms with Gasteiger partial charge in [-0.2, -0.15) is 0 Å². The molecule has 0 spiro atoms. The van der Waals surface area contributed by atoms with Crippen LogP contribution >= 0.6 is 0 Å². The monoisotopic (exact) mass is 212 g/mol. The molecule has 0 aliphatic heterocycles. The molecular formula is C8H16N6O. The van der Waals surface area contributed by atoms with Gasteiger partial charge in [-0.3, -0.25) is 22.4 Å². The Morgan fingerprint density at radius 3 is 2.13 bits per heavy atom. The maximum Gasteiger partial charge on any atom is 0.0905 e. The highest BCUT2D eigenvalue weighted by molar-refractivity contribution is 5.89. The fourth-order valence-electron chi connectivity index (χ4n) is 1.44. The summed E-state index contributed by atoms with van der Waals surface area (Å²) >= 11 is 0. The summed E-state index contributed by atoms with van der Waals surface area (Å²) in [6, 6.07) is 1.74. The van der Waals surface area contributed by atoms with Crippen LogP contribution < -0.4 is 33.3 Å². The second kappa shape index (κ2) is 4.69. The minimum atomic E-state index is 0.515. The number of anilines is 4. The summed E-state index contributed by atoms with van der Waals surface area (Å²) in [5.41, 5.74) is 10.4. The van der Waals surface area contributed by atoms with E-state index >= 15 is 0 Å². The summed E-state index contributed by atoms with van der Waals surface area (Å²) in [5, 5.41) is 12.0. The summed E-state index contributed by atoms with van der Waals surface area (Å²) in [6.07, 6.45) is 0. The minimum absolute atomic E-state index is 0.515. The largest absolute Gasteiger partial charge is 0.385 e. The molecule has 0 heterocycles. The van der Waals surface area contributed by atoms with Crippen molar-refractivity contribution in [2.45, 2.75) is 6.92 Å². The Bertz CT molecular complexity index is 353. The summed E-state index contributed by atoms with van der Waals surface area (Å²) in [7, 11) is 1.73. The third-order valence-electron chi connectivity index (χ3n) is 2.26. The van der Waals surface area contributed by atoms with Gasteiger partial charge in [0.2, 0.25) is 0 Å². The fraction of sp³-hybridized carbons (Fsp3) is 0.250. The second-order valence-electron chi connectivity index (χ2n) is 3.00. The van der Waals surface area contributed by atoms with Gasteiger partial charge in [0, 0.05) is 12.6 Å². The third-order valence-corrected chi connectivity index (χ3v) is 2.26. The molecule has 0 aliphatic rings. The normalized spacial score (nSPS) is 9.67. The molecule has 0 saturated carbocycles. The van der Waals surface area contributed by atoms with Crippen molar-refractivity contribution in [1.29, 1.82) is 0 Å². The lowest BCUT2D eigenvalue weighted by Gasteiger charge is -2.18. The minimum Gasteiger partial charge on any atom is -0.385 e. The van der Waals surface area contributed by atoms with Crippen molar-refractivity contribution < 1.29 is 5.21 Å². The molecule has 0 aromatic heterocycles. The maximum atomic E-state index is 9.04. The molecular weight excluding hydrogens is 196 g/mol. The lowest BCUT2D eigenvalue weighted by atomic mass is 10.1. The number of hydrogen-bond donors (Lipinski definition) is 7. The van der Waals surface area contributed by atoms with Crippen LogP contribution in [0.4, 0.5) is 22.7 Å². The Kier molecular flexibility index (Phi) is 3.56. The molecule has 0 atom stereocenters. The highest BCUT2D eigenvalue weighted by Gasteiger charge is 2.13. The van der Waals surface area contributed by atoms with E-state index in [-0.39, 0.29) is 0 Å². The molecule has 7 nitrogen and oxygen atoms in total. The average Bonchev–Trinajstić information content (AvgIpc) is 2.28. The fourth-order valence-corrected chi connectivity index (χ4v) is 1.44. The van der Waals surface area contributed by atoms with Crippen LogP contribution in [0.5, 0.6) is 0 Å². The van der Waals surface area contributed by atoms with Gasteiger partial charge in [0.05, 0.1) is 22.7 Å². The predicted molar refractivity (Wildman–Crippen MR) is 61.8 cm³/mol. The number of rotatable bonds is 4. The van der Waals surface area contributed by atoms with Crippen molar-refractivity contribution >= 4 is 22.7 Å². The zero-order chi connectivity index (χ0) is 11.4. The van der Waals surface area contributed by atoms with Gasteiger partial charge >= 0.3 is 0 Å². The summed E-state index contributed by atoms with van der Waals surface area (Å²) in [4.78, 5) is 0. The molecule has 0 amide bonds. The van der Waals surface area contributed by atoms with Gasteiger partial charge in [-0.25, -0.2) is 0 Å². The Balaban J connectivity index is 3.43. The molecule has 0 aliphatic carbocycles. The van der Waals surface area contributed by atoms with Crippen LogP contribution in [0.2, 0.25) is 0 Å². The molecule has 0 saturated heterocycles. The Labute approximate surface area is 87.7 Å². The van der Waals surface area contributed by atoms with Gasteiger partial charge in [-0.15, -0.1) is 0 Å². The van der Waals surface area contributed by atoms with Crippen LogP contribution in [-0.4, -0.2) is 12.3 Å². The van der Waals surface area contributed by atoms with Crippen LogP contribution in [0, 0.1) is 6.92 Å². The average molecular weight is 212 g/mol. The van der Waals surface area contributed by atoms with Gasteiger partial charge in [-0.05, 0) is 13.0 Å². The molecule has 0 bridgehead atoms. The van der Waals surface area contributed by atoms with Gasteiger partial charge in [0.15, 0.2) is 0 Å². The van der Waals surface area contributed by atoms with Crippen LogP contribution in [-0.2, 0) is 0 Å². The van der Waals surface area contributed by atoms with E-state index in [4.69, 9.17) is 16.9 Å². The molecule has 9 N–H and O–H groups in total. The Morgan fingerprint density at radius 2 is 1.73 bits per heavy atom. The highest BCUT2D eigenvalue weighted by Crippen LogP contribution is 2.37. The van der Waals surface area contributed by atoms with E-state index in [1.54, 1.807) is 13.1 Å². The number of benzene rings is 1. The molecule has 0 fully saturated rings. The summed E-state index contributed by atoms with van der Waals surface area (Å²) in [5.74, 6) is 10.7. The first-order chi connectivity index (χ1) is 7.19. The van der Waals surface area contributed by atoms with Crippen molar-refractivity contribution in [1.82, 2.24) is 0 Å². The molecule has 1 aromatic rings. The lowest BCUT2D eigenvalue weighted by molar-refractivity contribution is 0.389. The number of hydrazine groups is 2. The molecule has 84 valence electrons. The van der Waals surface area contributed by atoms with Gasteiger partial charge in [0.25, 0.3) is 0 Å². The number of nitrogens with one attached hydrogen (secondary N) is 4. The van der Waals surface area contributed by atoms with E-state index in [1.165, 1.54) is 0 Å².